The molecule has 0 atom stereocenters. The fraction of sp³-hybridized carbons (Fsp3) is 0.500. The number of hydrogen-bond donors (Lipinski definition) is 2. The summed E-state index contributed by atoms with van der Waals surface area (Å²) in [6.07, 6.45) is 5.43. The lowest BCUT2D eigenvalue weighted by molar-refractivity contribution is -0.136. The van der Waals surface area contributed by atoms with Gasteiger partial charge < -0.3 is 10.6 Å². The van der Waals surface area contributed by atoms with Crippen molar-refractivity contribution in [1.29, 1.82) is 0 Å². The number of carbonyl (C=O) groups is 2. The minimum Gasteiger partial charge on any atom is -0.345 e. The van der Waals surface area contributed by atoms with Gasteiger partial charge in [0.15, 0.2) is 0 Å². The third-order valence-electron chi connectivity index (χ3n) is 4.00. The van der Waals surface area contributed by atoms with Gasteiger partial charge in [0.25, 0.3) is 0 Å². The predicted molar refractivity (Wildman–Crippen MR) is 79.3 cm³/mol. The summed E-state index contributed by atoms with van der Waals surface area (Å²) in [6, 6.07) is 9.17. The number of carbonyl (C=O) groups excluding carboxylic acids is 2. The van der Waals surface area contributed by atoms with E-state index in [1.807, 2.05) is 18.2 Å². The van der Waals surface area contributed by atoms with Crippen molar-refractivity contribution in [2.45, 2.75) is 45.1 Å². The van der Waals surface area contributed by atoms with Crippen molar-refractivity contribution in [1.82, 2.24) is 5.32 Å². The van der Waals surface area contributed by atoms with Crippen molar-refractivity contribution in [3.8, 4) is 0 Å². The summed E-state index contributed by atoms with van der Waals surface area (Å²) in [5, 5.41) is 5.43. The average Bonchev–Trinajstić information content (AvgIpc) is 2.49. The standard InChI is InChI=1S/C16H22N2O2/c1-2-12-8-10-14(11-9-12)18-16(20)15(19)17-13-6-4-3-5-7-13/h3-7,12,14H,2,8-11H2,1H3,(H,17,19)(H,18,20). The highest BCUT2D eigenvalue weighted by Crippen LogP contribution is 2.26. The lowest BCUT2D eigenvalue weighted by atomic mass is 9.84. The van der Waals surface area contributed by atoms with Gasteiger partial charge in [0.05, 0.1) is 0 Å². The van der Waals surface area contributed by atoms with Gasteiger partial charge >= 0.3 is 11.8 Å². The van der Waals surface area contributed by atoms with E-state index in [0.717, 1.165) is 31.6 Å². The first-order chi connectivity index (χ1) is 9.69. The Kier molecular flexibility index (Phi) is 5.16. The molecule has 0 aliphatic heterocycles. The molecule has 1 saturated carbocycles. The Labute approximate surface area is 119 Å². The van der Waals surface area contributed by atoms with Crippen LogP contribution in [0.5, 0.6) is 0 Å². The molecular weight excluding hydrogens is 252 g/mol. The van der Waals surface area contributed by atoms with Crippen molar-refractivity contribution < 1.29 is 9.59 Å². The van der Waals surface area contributed by atoms with E-state index < -0.39 is 11.8 Å². The highest BCUT2D eigenvalue weighted by atomic mass is 16.2. The summed E-state index contributed by atoms with van der Waals surface area (Å²) in [6.45, 7) is 2.21. The Morgan fingerprint density at radius 3 is 2.30 bits per heavy atom. The van der Waals surface area contributed by atoms with E-state index in [1.54, 1.807) is 12.1 Å². The summed E-state index contributed by atoms with van der Waals surface area (Å²) in [4.78, 5) is 23.6. The van der Waals surface area contributed by atoms with Gasteiger partial charge in [0.2, 0.25) is 0 Å². The summed E-state index contributed by atoms with van der Waals surface area (Å²) >= 11 is 0. The molecule has 1 aliphatic rings. The quantitative estimate of drug-likeness (QED) is 0.833. The van der Waals surface area contributed by atoms with Gasteiger partial charge in [-0.15, -0.1) is 0 Å². The summed E-state index contributed by atoms with van der Waals surface area (Å²) in [7, 11) is 0. The zero-order valence-corrected chi connectivity index (χ0v) is 11.9. The fourth-order valence-electron chi connectivity index (χ4n) is 2.68. The van der Waals surface area contributed by atoms with E-state index in [-0.39, 0.29) is 6.04 Å². The maximum atomic E-state index is 11.8. The summed E-state index contributed by atoms with van der Waals surface area (Å²) in [5.74, 6) is -0.344. The van der Waals surface area contributed by atoms with E-state index in [2.05, 4.69) is 17.6 Å². The van der Waals surface area contributed by atoms with Gasteiger partial charge in [0, 0.05) is 11.7 Å². The second kappa shape index (κ2) is 7.08. The molecule has 4 nitrogen and oxygen atoms in total. The van der Waals surface area contributed by atoms with Gasteiger partial charge in [-0.05, 0) is 43.7 Å². The van der Waals surface area contributed by atoms with E-state index in [4.69, 9.17) is 0 Å². The van der Waals surface area contributed by atoms with Crippen molar-refractivity contribution in [2.24, 2.45) is 5.92 Å². The van der Waals surface area contributed by atoms with Gasteiger partial charge in [-0.3, -0.25) is 9.59 Å². The Hall–Kier alpha value is -1.84. The van der Waals surface area contributed by atoms with E-state index in [9.17, 15) is 9.59 Å². The van der Waals surface area contributed by atoms with Crippen LogP contribution >= 0.6 is 0 Å². The Morgan fingerprint density at radius 1 is 1.05 bits per heavy atom. The lowest BCUT2D eigenvalue weighted by Crippen LogP contribution is -2.43. The first-order valence-corrected chi connectivity index (χ1v) is 7.36. The molecule has 1 aromatic rings. The van der Waals surface area contributed by atoms with Gasteiger partial charge in [-0.25, -0.2) is 0 Å². The first kappa shape index (κ1) is 14.6. The second-order valence-electron chi connectivity index (χ2n) is 5.42. The van der Waals surface area contributed by atoms with Crippen LogP contribution in [0, 0.1) is 5.92 Å². The predicted octanol–water partition coefficient (Wildman–Crippen LogP) is 2.71. The van der Waals surface area contributed by atoms with Crippen LogP contribution in [0.2, 0.25) is 0 Å². The normalized spacial score (nSPS) is 22.1. The number of nitrogens with one attached hydrogen (secondary N) is 2. The molecule has 2 amide bonds. The van der Waals surface area contributed by atoms with Crippen LogP contribution in [-0.4, -0.2) is 17.9 Å². The van der Waals surface area contributed by atoms with Crippen LogP contribution in [0.25, 0.3) is 0 Å². The smallest absolute Gasteiger partial charge is 0.313 e. The highest BCUT2D eigenvalue weighted by Gasteiger charge is 2.23. The average molecular weight is 274 g/mol. The highest BCUT2D eigenvalue weighted by molar-refractivity contribution is 6.39. The number of rotatable bonds is 3. The number of para-hydroxylation sites is 1. The molecule has 20 heavy (non-hydrogen) atoms. The summed E-state index contributed by atoms with van der Waals surface area (Å²) < 4.78 is 0. The van der Waals surface area contributed by atoms with Crippen molar-refractivity contribution >= 4 is 17.5 Å². The molecule has 0 bridgehead atoms. The van der Waals surface area contributed by atoms with Crippen LogP contribution in [0.4, 0.5) is 5.69 Å². The monoisotopic (exact) mass is 274 g/mol. The topological polar surface area (TPSA) is 58.2 Å². The molecule has 1 aliphatic carbocycles. The number of anilines is 1. The van der Waals surface area contributed by atoms with E-state index in [0.29, 0.717) is 5.69 Å². The molecule has 0 saturated heterocycles. The first-order valence-electron chi connectivity index (χ1n) is 7.36. The molecule has 0 unspecified atom stereocenters. The molecule has 2 N–H and O–H groups in total. The third kappa shape index (κ3) is 4.08. The molecular formula is C16H22N2O2. The molecule has 1 aromatic carbocycles. The maximum absolute atomic E-state index is 11.8. The number of benzene rings is 1. The molecule has 2 rings (SSSR count). The molecule has 0 heterocycles. The molecule has 1 fully saturated rings. The van der Waals surface area contributed by atoms with Gasteiger partial charge in [-0.2, -0.15) is 0 Å². The van der Waals surface area contributed by atoms with Gasteiger partial charge in [0.1, 0.15) is 0 Å². The minimum atomic E-state index is -0.589. The van der Waals surface area contributed by atoms with Crippen molar-refractivity contribution in [3.05, 3.63) is 30.3 Å². The van der Waals surface area contributed by atoms with Crippen molar-refractivity contribution in [2.75, 3.05) is 5.32 Å². The third-order valence-corrected chi connectivity index (χ3v) is 4.00. The van der Waals surface area contributed by atoms with E-state index >= 15 is 0 Å². The summed E-state index contributed by atoms with van der Waals surface area (Å²) in [5.41, 5.74) is 0.641. The molecule has 4 heteroatoms. The largest absolute Gasteiger partial charge is 0.345 e. The molecule has 108 valence electrons. The lowest BCUT2D eigenvalue weighted by Gasteiger charge is -2.28. The van der Waals surface area contributed by atoms with Crippen LogP contribution in [-0.2, 0) is 9.59 Å². The van der Waals surface area contributed by atoms with Crippen LogP contribution in [0.15, 0.2) is 30.3 Å². The maximum Gasteiger partial charge on any atom is 0.313 e. The van der Waals surface area contributed by atoms with Gasteiger partial charge in [-0.1, -0.05) is 31.5 Å². The fourth-order valence-corrected chi connectivity index (χ4v) is 2.68. The molecule has 0 radical (unpaired) electrons. The zero-order valence-electron chi connectivity index (χ0n) is 11.9. The molecule has 0 spiro atoms. The van der Waals surface area contributed by atoms with Crippen molar-refractivity contribution in [3.63, 3.8) is 0 Å². The van der Waals surface area contributed by atoms with Crippen LogP contribution in [0.3, 0.4) is 0 Å². The molecule has 0 aromatic heterocycles. The van der Waals surface area contributed by atoms with Crippen LogP contribution < -0.4 is 10.6 Å². The minimum absolute atomic E-state index is 0.145. The van der Waals surface area contributed by atoms with Crippen LogP contribution in [0.1, 0.15) is 39.0 Å². The SMILES string of the molecule is CCC1CCC(NC(=O)C(=O)Nc2ccccc2)CC1. The van der Waals surface area contributed by atoms with E-state index in [1.165, 1.54) is 6.42 Å². The Morgan fingerprint density at radius 2 is 1.70 bits per heavy atom. The number of hydrogen-bond acceptors (Lipinski definition) is 2. The Balaban J connectivity index is 1.79. The second-order valence-corrected chi connectivity index (χ2v) is 5.42. The zero-order chi connectivity index (χ0) is 14.4. The Bertz CT molecular complexity index is 451. The number of amides is 2.